The summed E-state index contributed by atoms with van der Waals surface area (Å²) in [5, 5.41) is 7.06. The van der Waals surface area contributed by atoms with E-state index in [9.17, 15) is 0 Å². The van der Waals surface area contributed by atoms with Crippen LogP contribution in [0.1, 0.15) is 11.3 Å². The summed E-state index contributed by atoms with van der Waals surface area (Å²) in [5.41, 5.74) is 4.08. The second kappa shape index (κ2) is 6.50. The summed E-state index contributed by atoms with van der Waals surface area (Å²) in [4.78, 5) is 11.5. The molecule has 4 rings (SSSR count). The smallest absolute Gasteiger partial charge is 0.148 e. The molecule has 2 aromatic heterocycles. The van der Waals surface area contributed by atoms with Gasteiger partial charge >= 0.3 is 0 Å². The number of aromatic amines is 1. The van der Waals surface area contributed by atoms with Crippen molar-refractivity contribution < 1.29 is 0 Å². The van der Waals surface area contributed by atoms with Crippen LogP contribution >= 0.6 is 0 Å². The minimum absolute atomic E-state index is 0.696. The normalized spacial score (nSPS) is 10.8. The van der Waals surface area contributed by atoms with Crippen LogP contribution in [0.5, 0.6) is 0 Å². The molecular formula is C19H17N5. The van der Waals surface area contributed by atoms with Gasteiger partial charge in [0.05, 0.1) is 29.5 Å². The number of rotatable bonds is 5. The summed E-state index contributed by atoms with van der Waals surface area (Å²) in [6.07, 6.45) is 3.60. The van der Waals surface area contributed by atoms with E-state index in [0.29, 0.717) is 6.54 Å². The van der Waals surface area contributed by atoms with E-state index in [1.807, 2.05) is 42.6 Å². The second-order valence-corrected chi connectivity index (χ2v) is 5.64. The Morgan fingerprint density at radius 3 is 2.42 bits per heavy atom. The molecule has 0 spiro atoms. The average molecular weight is 315 g/mol. The zero-order chi connectivity index (χ0) is 16.2. The number of aromatic nitrogens is 4. The first kappa shape index (κ1) is 14.4. The van der Waals surface area contributed by atoms with Gasteiger partial charge in [0.15, 0.2) is 0 Å². The van der Waals surface area contributed by atoms with Gasteiger partial charge in [-0.05, 0) is 23.8 Å². The van der Waals surface area contributed by atoms with E-state index >= 15 is 0 Å². The fourth-order valence-corrected chi connectivity index (χ4v) is 2.70. The quantitative estimate of drug-likeness (QED) is 0.612. The van der Waals surface area contributed by atoms with Crippen molar-refractivity contribution in [2.75, 3.05) is 4.90 Å². The van der Waals surface area contributed by atoms with Crippen LogP contribution in [-0.2, 0) is 13.1 Å². The molecule has 0 aliphatic carbocycles. The van der Waals surface area contributed by atoms with Crippen LogP contribution in [-0.4, -0.2) is 20.2 Å². The first-order chi connectivity index (χ1) is 11.9. The Hall–Kier alpha value is -3.21. The number of fused-ring (bicyclic) bond motifs is 1. The molecule has 0 atom stereocenters. The van der Waals surface area contributed by atoms with Crippen LogP contribution in [0.15, 0.2) is 73.1 Å². The summed E-state index contributed by atoms with van der Waals surface area (Å²) in [6.45, 7) is 1.45. The number of benzene rings is 2. The maximum Gasteiger partial charge on any atom is 0.148 e. The Bertz CT molecular complexity index is 919. The first-order valence-corrected chi connectivity index (χ1v) is 7.87. The molecule has 5 heteroatoms. The molecular weight excluding hydrogens is 298 g/mol. The summed E-state index contributed by atoms with van der Waals surface area (Å²) in [5.74, 6) is 0.854. The number of para-hydroxylation sites is 2. The number of anilines is 1. The van der Waals surface area contributed by atoms with Crippen molar-refractivity contribution >= 4 is 16.9 Å². The van der Waals surface area contributed by atoms with Gasteiger partial charge in [-0.15, -0.1) is 0 Å². The molecule has 24 heavy (non-hydrogen) atoms. The summed E-state index contributed by atoms with van der Waals surface area (Å²) >= 11 is 0. The molecule has 0 radical (unpaired) electrons. The van der Waals surface area contributed by atoms with E-state index in [1.54, 1.807) is 6.20 Å². The minimum atomic E-state index is 0.696. The largest absolute Gasteiger partial charge is 0.345 e. The number of nitrogens with zero attached hydrogens (tertiary/aromatic N) is 4. The molecule has 118 valence electrons. The number of nitrogens with one attached hydrogen (secondary N) is 1. The molecule has 0 saturated carbocycles. The van der Waals surface area contributed by atoms with Gasteiger partial charge in [-0.2, -0.15) is 5.10 Å². The van der Waals surface area contributed by atoms with Gasteiger partial charge in [0.2, 0.25) is 0 Å². The van der Waals surface area contributed by atoms with Crippen molar-refractivity contribution in [3.63, 3.8) is 0 Å². The highest BCUT2D eigenvalue weighted by Crippen LogP contribution is 2.19. The van der Waals surface area contributed by atoms with Gasteiger partial charge in [0.25, 0.3) is 0 Å². The number of hydrogen-bond acceptors (Lipinski definition) is 4. The standard InChI is InChI=1S/C19H17N5/c1-2-6-15(7-3-1)13-24(14-16-10-11-21-23-16)19-12-20-17-8-4-5-9-18(17)22-19/h1-12H,13-14H2,(H,21,23). The molecule has 0 aliphatic heterocycles. The predicted molar refractivity (Wildman–Crippen MR) is 94.5 cm³/mol. The van der Waals surface area contributed by atoms with Gasteiger partial charge in [-0.1, -0.05) is 42.5 Å². The number of H-pyrrole nitrogens is 1. The summed E-state index contributed by atoms with van der Waals surface area (Å²) < 4.78 is 0. The molecule has 1 N–H and O–H groups in total. The van der Waals surface area contributed by atoms with Crippen LogP contribution in [0, 0.1) is 0 Å². The van der Waals surface area contributed by atoms with Gasteiger partial charge < -0.3 is 4.90 Å². The number of hydrogen-bond donors (Lipinski definition) is 1. The molecule has 2 heterocycles. The Balaban J connectivity index is 1.69. The average Bonchev–Trinajstić information content (AvgIpc) is 3.15. The van der Waals surface area contributed by atoms with Gasteiger partial charge in [0, 0.05) is 12.7 Å². The Kier molecular flexibility index (Phi) is 3.90. The van der Waals surface area contributed by atoms with E-state index in [-0.39, 0.29) is 0 Å². The Labute approximate surface area is 140 Å². The van der Waals surface area contributed by atoms with E-state index in [0.717, 1.165) is 29.1 Å². The Morgan fingerprint density at radius 1 is 0.833 bits per heavy atom. The van der Waals surface area contributed by atoms with E-state index in [4.69, 9.17) is 4.98 Å². The highest BCUT2D eigenvalue weighted by molar-refractivity contribution is 5.75. The van der Waals surface area contributed by atoms with Crippen LogP contribution in [0.25, 0.3) is 11.0 Å². The fraction of sp³-hybridized carbons (Fsp3) is 0.105. The topological polar surface area (TPSA) is 57.7 Å². The molecule has 5 nitrogen and oxygen atoms in total. The van der Waals surface area contributed by atoms with Crippen molar-refractivity contribution in [2.45, 2.75) is 13.1 Å². The van der Waals surface area contributed by atoms with Gasteiger partial charge in [-0.25, -0.2) is 4.98 Å². The lowest BCUT2D eigenvalue weighted by atomic mass is 10.2. The maximum atomic E-state index is 4.78. The molecule has 4 aromatic rings. The monoisotopic (exact) mass is 315 g/mol. The zero-order valence-corrected chi connectivity index (χ0v) is 13.1. The molecule has 0 fully saturated rings. The molecule has 0 bridgehead atoms. The van der Waals surface area contributed by atoms with Crippen LogP contribution in [0.3, 0.4) is 0 Å². The molecule has 0 aliphatic rings. The molecule has 0 saturated heterocycles. The van der Waals surface area contributed by atoms with E-state index in [1.165, 1.54) is 5.56 Å². The SMILES string of the molecule is c1ccc(CN(Cc2ccn[nH]2)c2cnc3ccccc3n2)cc1. The first-order valence-electron chi connectivity index (χ1n) is 7.87. The van der Waals surface area contributed by atoms with Crippen LogP contribution in [0.2, 0.25) is 0 Å². The van der Waals surface area contributed by atoms with Crippen LogP contribution in [0.4, 0.5) is 5.82 Å². The van der Waals surface area contributed by atoms with E-state index < -0.39 is 0 Å². The summed E-state index contributed by atoms with van der Waals surface area (Å²) in [6, 6.07) is 20.3. The lowest BCUT2D eigenvalue weighted by Gasteiger charge is -2.23. The van der Waals surface area contributed by atoms with Crippen LogP contribution < -0.4 is 4.90 Å². The molecule has 2 aromatic carbocycles. The third-order valence-electron chi connectivity index (χ3n) is 3.90. The van der Waals surface area contributed by atoms with Crippen molar-refractivity contribution in [3.8, 4) is 0 Å². The van der Waals surface area contributed by atoms with Crippen molar-refractivity contribution in [2.24, 2.45) is 0 Å². The second-order valence-electron chi connectivity index (χ2n) is 5.64. The lowest BCUT2D eigenvalue weighted by molar-refractivity contribution is 0.762. The van der Waals surface area contributed by atoms with E-state index in [2.05, 4.69) is 44.3 Å². The van der Waals surface area contributed by atoms with Gasteiger partial charge in [0.1, 0.15) is 5.82 Å². The maximum absolute atomic E-state index is 4.78. The minimum Gasteiger partial charge on any atom is -0.345 e. The predicted octanol–water partition coefficient (Wildman–Crippen LogP) is 3.56. The van der Waals surface area contributed by atoms with Crippen molar-refractivity contribution in [1.29, 1.82) is 0 Å². The third-order valence-corrected chi connectivity index (χ3v) is 3.90. The van der Waals surface area contributed by atoms with Gasteiger partial charge in [-0.3, -0.25) is 10.1 Å². The lowest BCUT2D eigenvalue weighted by Crippen LogP contribution is -2.23. The highest BCUT2D eigenvalue weighted by atomic mass is 15.2. The Morgan fingerprint density at radius 2 is 1.62 bits per heavy atom. The molecule has 0 amide bonds. The molecule has 0 unspecified atom stereocenters. The fourth-order valence-electron chi connectivity index (χ4n) is 2.70. The van der Waals surface area contributed by atoms with Crippen molar-refractivity contribution in [1.82, 2.24) is 20.2 Å². The summed E-state index contributed by atoms with van der Waals surface area (Å²) in [7, 11) is 0. The highest BCUT2D eigenvalue weighted by Gasteiger charge is 2.12. The van der Waals surface area contributed by atoms with Crippen molar-refractivity contribution in [3.05, 3.63) is 84.3 Å². The zero-order valence-electron chi connectivity index (χ0n) is 13.1. The third kappa shape index (κ3) is 3.10.